The number of aliphatic hydroxyl groups is 1. The van der Waals surface area contributed by atoms with Gasteiger partial charge in [0.15, 0.2) is 11.5 Å². The Hall–Kier alpha value is -1.82. The van der Waals surface area contributed by atoms with Gasteiger partial charge in [0.05, 0.1) is 7.11 Å². The van der Waals surface area contributed by atoms with E-state index >= 15 is 0 Å². The zero-order chi connectivity index (χ0) is 20.9. The fraction of sp³-hybridized carbons (Fsp3) is 0.583. The summed E-state index contributed by atoms with van der Waals surface area (Å²) < 4.78 is 11.4. The molecule has 162 valence electrons. The maximum atomic E-state index is 10.5. The van der Waals surface area contributed by atoms with Crippen molar-refractivity contribution in [3.8, 4) is 11.5 Å². The van der Waals surface area contributed by atoms with Crippen LogP contribution in [0.15, 0.2) is 43.5 Å². The van der Waals surface area contributed by atoms with Crippen molar-refractivity contribution in [3.05, 3.63) is 49.1 Å². The first kappa shape index (κ1) is 23.5. The maximum absolute atomic E-state index is 10.5. The highest BCUT2D eigenvalue weighted by molar-refractivity contribution is 5.43. The Labute approximate surface area is 176 Å². The van der Waals surface area contributed by atoms with E-state index in [1.54, 1.807) is 7.11 Å². The van der Waals surface area contributed by atoms with Crippen molar-refractivity contribution in [1.29, 1.82) is 0 Å². The molecule has 1 unspecified atom stereocenters. The normalized spacial score (nSPS) is 16.7. The molecule has 0 bridgehead atoms. The van der Waals surface area contributed by atoms with Crippen molar-refractivity contribution in [2.75, 3.05) is 46.4 Å². The first-order valence-electron chi connectivity index (χ1n) is 10.8. The molecule has 0 amide bonds. The van der Waals surface area contributed by atoms with Gasteiger partial charge in [0, 0.05) is 26.2 Å². The highest BCUT2D eigenvalue weighted by Crippen LogP contribution is 2.29. The van der Waals surface area contributed by atoms with E-state index in [0.29, 0.717) is 18.0 Å². The molecule has 0 aliphatic carbocycles. The van der Waals surface area contributed by atoms with Crippen LogP contribution in [0.1, 0.15) is 37.7 Å². The van der Waals surface area contributed by atoms with Gasteiger partial charge in [-0.05, 0) is 43.6 Å². The summed E-state index contributed by atoms with van der Waals surface area (Å²) in [7, 11) is 1.64. The number of hydrogen-bond acceptors (Lipinski definition) is 5. The summed E-state index contributed by atoms with van der Waals surface area (Å²) in [5.41, 5.74) is 1.13. The zero-order valence-electron chi connectivity index (χ0n) is 18.0. The minimum absolute atomic E-state index is 0.263. The second-order valence-corrected chi connectivity index (χ2v) is 7.79. The summed E-state index contributed by atoms with van der Waals surface area (Å²) in [5.74, 6) is 1.36. The minimum atomic E-state index is -0.513. The molecule has 1 saturated heterocycles. The molecule has 29 heavy (non-hydrogen) atoms. The minimum Gasteiger partial charge on any atom is -0.493 e. The van der Waals surface area contributed by atoms with E-state index in [4.69, 9.17) is 9.47 Å². The van der Waals surface area contributed by atoms with E-state index in [2.05, 4.69) is 23.0 Å². The van der Waals surface area contributed by atoms with Crippen LogP contribution in [-0.4, -0.2) is 67.5 Å². The van der Waals surface area contributed by atoms with E-state index in [0.717, 1.165) is 38.3 Å². The van der Waals surface area contributed by atoms with E-state index in [9.17, 15) is 5.11 Å². The predicted molar refractivity (Wildman–Crippen MR) is 120 cm³/mol. The summed E-state index contributed by atoms with van der Waals surface area (Å²) in [6.07, 6.45) is 9.64. The van der Waals surface area contributed by atoms with Gasteiger partial charge in [-0.1, -0.05) is 37.5 Å². The average molecular weight is 403 g/mol. The lowest BCUT2D eigenvalue weighted by Gasteiger charge is -2.27. The van der Waals surface area contributed by atoms with Crippen LogP contribution in [0.5, 0.6) is 11.5 Å². The Kier molecular flexibility index (Phi) is 10.8. The molecule has 1 heterocycles. The number of β-amino-alcohol motifs (C(OH)–C–C–N with tert-alkyl or cyclic N) is 1. The lowest BCUT2D eigenvalue weighted by atomic mass is 10.1. The number of methoxy groups -OCH3 is 1. The molecule has 1 aromatic rings. The van der Waals surface area contributed by atoms with Crippen LogP contribution < -0.4 is 9.47 Å². The van der Waals surface area contributed by atoms with Crippen molar-refractivity contribution in [2.24, 2.45) is 0 Å². The monoisotopic (exact) mass is 402 g/mol. The Balaban J connectivity index is 1.93. The molecular formula is C24H38N2O3. The third-order valence-corrected chi connectivity index (χ3v) is 5.26. The molecule has 1 atom stereocenters. The molecule has 0 spiro atoms. The Morgan fingerprint density at radius 2 is 1.72 bits per heavy atom. The quantitative estimate of drug-likeness (QED) is 0.538. The molecule has 1 N–H and O–H groups in total. The molecule has 5 nitrogen and oxygen atoms in total. The highest BCUT2D eigenvalue weighted by Gasteiger charge is 2.15. The van der Waals surface area contributed by atoms with Gasteiger partial charge in [-0.25, -0.2) is 0 Å². The molecule has 1 aromatic carbocycles. The van der Waals surface area contributed by atoms with Crippen LogP contribution in [-0.2, 0) is 6.54 Å². The van der Waals surface area contributed by atoms with Crippen LogP contribution in [0.4, 0.5) is 0 Å². The standard InChI is InChI=1S/C24H38N2O3/c1-4-13-25(14-5-2)18-21-11-12-23(28-3)24(17-21)29-20-22(27)19-26-15-9-7-6-8-10-16-26/h4-5,11-12,17,22,27H,1-2,6-10,13-16,18-20H2,3H3. The van der Waals surface area contributed by atoms with Crippen molar-refractivity contribution in [3.63, 3.8) is 0 Å². The maximum Gasteiger partial charge on any atom is 0.161 e. The molecule has 0 radical (unpaired) electrons. The van der Waals surface area contributed by atoms with E-state index in [1.165, 1.54) is 32.1 Å². The molecule has 0 saturated carbocycles. The Bertz CT molecular complexity index is 602. The largest absolute Gasteiger partial charge is 0.493 e. The predicted octanol–water partition coefficient (Wildman–Crippen LogP) is 3.88. The fourth-order valence-electron chi connectivity index (χ4n) is 3.79. The first-order valence-corrected chi connectivity index (χ1v) is 10.8. The van der Waals surface area contributed by atoms with E-state index in [-0.39, 0.29) is 6.61 Å². The smallest absolute Gasteiger partial charge is 0.161 e. The summed E-state index contributed by atoms with van der Waals surface area (Å²) in [5, 5.41) is 10.5. The van der Waals surface area contributed by atoms with Crippen LogP contribution in [0.3, 0.4) is 0 Å². The summed E-state index contributed by atoms with van der Waals surface area (Å²) >= 11 is 0. The summed E-state index contributed by atoms with van der Waals surface area (Å²) in [6.45, 7) is 13.1. The number of nitrogens with zero attached hydrogens (tertiary/aromatic N) is 2. The number of aliphatic hydroxyl groups excluding tert-OH is 1. The molecule has 2 rings (SSSR count). The second-order valence-electron chi connectivity index (χ2n) is 7.79. The number of benzene rings is 1. The highest BCUT2D eigenvalue weighted by atomic mass is 16.5. The molecule has 0 aromatic heterocycles. The number of ether oxygens (including phenoxy) is 2. The van der Waals surface area contributed by atoms with E-state index < -0.39 is 6.10 Å². The Morgan fingerprint density at radius 3 is 2.34 bits per heavy atom. The van der Waals surface area contributed by atoms with Crippen LogP contribution >= 0.6 is 0 Å². The van der Waals surface area contributed by atoms with Gasteiger partial charge in [0.25, 0.3) is 0 Å². The van der Waals surface area contributed by atoms with Gasteiger partial charge in [-0.15, -0.1) is 13.2 Å². The number of likely N-dealkylation sites (tertiary alicyclic amines) is 1. The lowest BCUT2D eigenvalue weighted by molar-refractivity contribution is 0.0644. The van der Waals surface area contributed by atoms with Crippen molar-refractivity contribution in [2.45, 2.75) is 44.8 Å². The second kappa shape index (κ2) is 13.4. The molecule has 5 heteroatoms. The molecule has 1 fully saturated rings. The number of hydrogen-bond donors (Lipinski definition) is 1. The number of rotatable bonds is 12. The van der Waals surface area contributed by atoms with Crippen molar-refractivity contribution < 1.29 is 14.6 Å². The van der Waals surface area contributed by atoms with Gasteiger partial charge in [0.1, 0.15) is 12.7 Å². The van der Waals surface area contributed by atoms with Gasteiger partial charge in [-0.2, -0.15) is 0 Å². The fourth-order valence-corrected chi connectivity index (χ4v) is 3.79. The van der Waals surface area contributed by atoms with Gasteiger partial charge >= 0.3 is 0 Å². The van der Waals surface area contributed by atoms with Gasteiger partial charge in [-0.3, -0.25) is 4.90 Å². The Morgan fingerprint density at radius 1 is 1.07 bits per heavy atom. The molecule has 1 aliphatic rings. The zero-order valence-corrected chi connectivity index (χ0v) is 18.0. The van der Waals surface area contributed by atoms with Gasteiger partial charge in [0.2, 0.25) is 0 Å². The third kappa shape index (κ3) is 8.60. The van der Waals surface area contributed by atoms with Crippen molar-refractivity contribution >= 4 is 0 Å². The summed E-state index contributed by atoms with van der Waals surface area (Å²) in [4.78, 5) is 4.60. The van der Waals surface area contributed by atoms with Crippen LogP contribution in [0.25, 0.3) is 0 Å². The topological polar surface area (TPSA) is 45.2 Å². The average Bonchev–Trinajstić information content (AvgIpc) is 2.69. The molecule has 1 aliphatic heterocycles. The molecular weight excluding hydrogens is 364 g/mol. The first-order chi connectivity index (χ1) is 14.2. The van der Waals surface area contributed by atoms with Crippen molar-refractivity contribution in [1.82, 2.24) is 9.80 Å². The lowest BCUT2D eigenvalue weighted by Crippen LogP contribution is -2.37. The van der Waals surface area contributed by atoms with E-state index in [1.807, 2.05) is 30.4 Å². The summed E-state index contributed by atoms with van der Waals surface area (Å²) in [6, 6.07) is 5.97. The van der Waals surface area contributed by atoms with Crippen LogP contribution in [0.2, 0.25) is 0 Å². The SMILES string of the molecule is C=CCN(CC=C)Cc1ccc(OC)c(OCC(O)CN2CCCCCCC2)c1. The third-order valence-electron chi connectivity index (χ3n) is 5.26. The van der Waals surface area contributed by atoms with Crippen LogP contribution in [0, 0.1) is 0 Å². The van der Waals surface area contributed by atoms with Gasteiger partial charge < -0.3 is 19.5 Å².